The maximum atomic E-state index is 13.1. The van der Waals surface area contributed by atoms with Crippen LogP contribution < -0.4 is 15.8 Å². The number of thiophene rings is 1. The number of nitrogens with one attached hydrogen (secondary N) is 2. The summed E-state index contributed by atoms with van der Waals surface area (Å²) in [6, 6.07) is 9.98. The maximum Gasteiger partial charge on any atom is 0.409 e. The van der Waals surface area contributed by atoms with Crippen molar-refractivity contribution < 1.29 is 31.9 Å². The first-order valence-corrected chi connectivity index (χ1v) is 12.9. The molecule has 4 N–H and O–H groups in total. The predicted octanol–water partition coefficient (Wildman–Crippen LogP) is 3.16. The summed E-state index contributed by atoms with van der Waals surface area (Å²) in [7, 11) is -2.66. The highest BCUT2D eigenvalue weighted by Gasteiger charge is 2.30. The monoisotopic (exact) mass is 532 g/mol. The molecule has 1 aliphatic heterocycles. The van der Waals surface area contributed by atoms with Crippen molar-refractivity contribution in [2.75, 3.05) is 23.7 Å². The van der Waals surface area contributed by atoms with Gasteiger partial charge in [-0.2, -0.15) is 0 Å². The van der Waals surface area contributed by atoms with Crippen LogP contribution in [-0.2, 0) is 27.7 Å². The molecule has 0 bridgehead atoms. The van der Waals surface area contributed by atoms with Gasteiger partial charge in [0.15, 0.2) is 0 Å². The number of methoxy groups -OCH3 is 1. The van der Waals surface area contributed by atoms with Gasteiger partial charge in [0.2, 0.25) is 0 Å². The fourth-order valence-corrected chi connectivity index (χ4v) is 6.05. The number of primary amides is 1. The number of carbonyl (C=O) groups is 3. The van der Waals surface area contributed by atoms with E-state index in [0.29, 0.717) is 18.5 Å². The van der Waals surface area contributed by atoms with Crippen molar-refractivity contribution in [1.82, 2.24) is 4.90 Å². The van der Waals surface area contributed by atoms with Gasteiger partial charge in [-0.05, 0) is 60.5 Å². The third-order valence-corrected chi connectivity index (χ3v) is 8.02. The molecule has 0 radical (unpaired) electrons. The molecule has 0 atom stereocenters. The lowest BCUT2D eigenvalue weighted by atomic mass is 10.0. The summed E-state index contributed by atoms with van der Waals surface area (Å²) in [6.45, 7) is 0.574. The van der Waals surface area contributed by atoms with E-state index >= 15 is 0 Å². The van der Waals surface area contributed by atoms with E-state index in [1.165, 1.54) is 36.3 Å². The lowest BCUT2D eigenvalue weighted by Crippen LogP contribution is -2.35. The largest absolute Gasteiger partial charge is 0.453 e. The first-order valence-electron chi connectivity index (χ1n) is 10.6. The molecule has 1 aromatic heterocycles. The van der Waals surface area contributed by atoms with Crippen LogP contribution in [0, 0.1) is 5.82 Å². The van der Waals surface area contributed by atoms with Gasteiger partial charge in [0.1, 0.15) is 10.8 Å². The number of anilines is 2. The number of rotatable bonds is 6. The van der Waals surface area contributed by atoms with Crippen molar-refractivity contribution in [3.05, 3.63) is 75.9 Å². The van der Waals surface area contributed by atoms with E-state index < -0.39 is 33.7 Å². The van der Waals surface area contributed by atoms with Crippen LogP contribution in [-0.4, -0.2) is 44.9 Å². The van der Waals surface area contributed by atoms with Gasteiger partial charge in [-0.1, -0.05) is 0 Å². The molecule has 0 aliphatic carbocycles. The van der Waals surface area contributed by atoms with E-state index in [0.717, 1.165) is 40.5 Å². The lowest BCUT2D eigenvalue weighted by Gasteiger charge is -2.25. The molecular weight excluding hydrogens is 511 g/mol. The average molecular weight is 533 g/mol. The van der Waals surface area contributed by atoms with E-state index in [4.69, 9.17) is 10.5 Å². The SMILES string of the molecule is COC(=O)N1CCc2c(sc(NC(=O)c3ccc(NS(=O)(=O)c4ccc(F)cc4)cc3)c2C(N)=O)C1. The molecule has 3 aromatic rings. The molecule has 36 heavy (non-hydrogen) atoms. The minimum absolute atomic E-state index is 0.114. The second-order valence-corrected chi connectivity index (χ2v) is 10.6. The molecule has 10 nitrogen and oxygen atoms in total. The number of hydrogen-bond donors (Lipinski definition) is 3. The number of nitrogens with zero attached hydrogens (tertiary/aromatic N) is 1. The average Bonchev–Trinajstić information content (AvgIpc) is 3.21. The number of nitrogens with two attached hydrogens (primary N) is 1. The molecular formula is C23H21FN4O6S2. The molecule has 0 saturated heterocycles. The van der Waals surface area contributed by atoms with Crippen LogP contribution in [0.3, 0.4) is 0 Å². The van der Waals surface area contributed by atoms with Crippen molar-refractivity contribution in [1.29, 1.82) is 0 Å². The van der Waals surface area contributed by atoms with Gasteiger partial charge < -0.3 is 20.7 Å². The molecule has 3 amide bonds. The lowest BCUT2D eigenvalue weighted by molar-refractivity contribution is 0.0999. The second-order valence-electron chi connectivity index (χ2n) is 7.80. The number of sulfonamides is 1. The van der Waals surface area contributed by atoms with Crippen LogP contribution in [0.5, 0.6) is 0 Å². The number of halogens is 1. The highest BCUT2D eigenvalue weighted by molar-refractivity contribution is 7.92. The van der Waals surface area contributed by atoms with Crippen LogP contribution in [0.1, 0.15) is 31.2 Å². The molecule has 2 aromatic carbocycles. The summed E-state index contributed by atoms with van der Waals surface area (Å²) in [4.78, 5) is 39.0. The van der Waals surface area contributed by atoms with Crippen molar-refractivity contribution in [3.63, 3.8) is 0 Å². The molecule has 0 unspecified atom stereocenters. The number of carbonyl (C=O) groups excluding carboxylic acids is 3. The molecule has 1 aliphatic rings. The highest BCUT2D eigenvalue weighted by atomic mass is 32.2. The molecule has 4 rings (SSSR count). The summed E-state index contributed by atoms with van der Waals surface area (Å²) >= 11 is 1.15. The summed E-state index contributed by atoms with van der Waals surface area (Å²) in [6.07, 6.45) is -0.103. The summed E-state index contributed by atoms with van der Waals surface area (Å²) in [5.74, 6) is -1.79. The zero-order chi connectivity index (χ0) is 26.0. The van der Waals surface area contributed by atoms with Gasteiger partial charge in [-0.3, -0.25) is 14.3 Å². The Bertz CT molecular complexity index is 1440. The van der Waals surface area contributed by atoms with Crippen LogP contribution in [0.2, 0.25) is 0 Å². The van der Waals surface area contributed by atoms with Crippen LogP contribution in [0.15, 0.2) is 53.4 Å². The smallest absolute Gasteiger partial charge is 0.409 e. The van der Waals surface area contributed by atoms with Crippen molar-refractivity contribution in [3.8, 4) is 0 Å². The van der Waals surface area contributed by atoms with Gasteiger partial charge in [-0.15, -0.1) is 11.3 Å². The fourth-order valence-electron chi connectivity index (χ4n) is 3.73. The fraction of sp³-hybridized carbons (Fsp3) is 0.174. The Labute approximate surface area is 209 Å². The van der Waals surface area contributed by atoms with Crippen molar-refractivity contribution in [2.24, 2.45) is 5.73 Å². The first-order chi connectivity index (χ1) is 17.1. The van der Waals surface area contributed by atoms with Gasteiger partial charge in [0, 0.05) is 22.7 Å². The molecule has 0 fully saturated rings. The Balaban J connectivity index is 1.50. The Morgan fingerprint density at radius 3 is 2.36 bits per heavy atom. The maximum absolute atomic E-state index is 13.1. The topological polar surface area (TPSA) is 148 Å². The summed E-state index contributed by atoms with van der Waals surface area (Å²) < 4.78 is 45.1. The number of amides is 3. The molecule has 13 heteroatoms. The Kier molecular flexibility index (Phi) is 6.95. The Hall–Kier alpha value is -3.97. The zero-order valence-electron chi connectivity index (χ0n) is 18.9. The highest BCUT2D eigenvalue weighted by Crippen LogP contribution is 2.37. The number of fused-ring (bicyclic) bond motifs is 1. The molecule has 0 saturated carbocycles. The number of benzene rings is 2. The van der Waals surface area contributed by atoms with Gasteiger partial charge in [0.25, 0.3) is 21.8 Å². The van der Waals surface area contributed by atoms with E-state index in [9.17, 15) is 27.2 Å². The van der Waals surface area contributed by atoms with E-state index in [-0.39, 0.29) is 33.3 Å². The summed E-state index contributed by atoms with van der Waals surface area (Å²) in [5.41, 5.74) is 6.88. The minimum atomic E-state index is -3.95. The van der Waals surface area contributed by atoms with Gasteiger partial charge >= 0.3 is 6.09 Å². The van der Waals surface area contributed by atoms with Crippen LogP contribution in [0.25, 0.3) is 0 Å². The minimum Gasteiger partial charge on any atom is -0.453 e. The van der Waals surface area contributed by atoms with E-state index in [1.54, 1.807) is 0 Å². The van der Waals surface area contributed by atoms with Crippen LogP contribution >= 0.6 is 11.3 Å². The zero-order valence-corrected chi connectivity index (χ0v) is 20.5. The Morgan fingerprint density at radius 1 is 1.08 bits per heavy atom. The molecule has 2 heterocycles. The van der Waals surface area contributed by atoms with E-state index in [1.807, 2.05) is 0 Å². The van der Waals surface area contributed by atoms with Crippen LogP contribution in [0.4, 0.5) is 19.9 Å². The van der Waals surface area contributed by atoms with Gasteiger partial charge in [0.05, 0.1) is 24.1 Å². The van der Waals surface area contributed by atoms with Gasteiger partial charge in [-0.25, -0.2) is 17.6 Å². The van der Waals surface area contributed by atoms with Crippen molar-refractivity contribution >= 4 is 50.0 Å². The van der Waals surface area contributed by atoms with E-state index in [2.05, 4.69) is 10.0 Å². The number of ether oxygens (including phenoxy) is 1. The Morgan fingerprint density at radius 2 is 1.75 bits per heavy atom. The normalized spacial score (nSPS) is 13.0. The number of hydrogen-bond acceptors (Lipinski definition) is 7. The quantitative estimate of drug-likeness (QED) is 0.444. The predicted molar refractivity (Wildman–Crippen MR) is 131 cm³/mol. The molecule has 0 spiro atoms. The third-order valence-electron chi connectivity index (χ3n) is 5.49. The van der Waals surface area contributed by atoms with Crippen molar-refractivity contribution in [2.45, 2.75) is 17.9 Å². The first kappa shape index (κ1) is 25.1. The second kappa shape index (κ2) is 9.95. The summed E-state index contributed by atoms with van der Waals surface area (Å²) in [5, 5.41) is 2.96. The standard InChI is InChI=1S/C23H21FN4O6S2/c1-34-23(31)28-11-10-17-18(12-28)35-22(19(17)20(25)29)26-21(30)13-2-6-15(7-3-13)27-36(32,33)16-8-4-14(24)5-9-16/h2-9,27H,10-12H2,1H3,(H2,25,29)(H,26,30). The molecule has 188 valence electrons. The third kappa shape index (κ3) is 5.16.